The Hall–Kier alpha value is -2.27. The summed E-state index contributed by atoms with van der Waals surface area (Å²) in [5.74, 6) is -0.603. The fourth-order valence-corrected chi connectivity index (χ4v) is 3.40. The zero-order valence-corrected chi connectivity index (χ0v) is 13.1. The van der Waals surface area contributed by atoms with Crippen molar-refractivity contribution in [2.75, 3.05) is 6.54 Å². The van der Waals surface area contributed by atoms with Gasteiger partial charge in [0.1, 0.15) is 5.82 Å². The second-order valence-electron chi connectivity index (χ2n) is 4.98. The van der Waals surface area contributed by atoms with Crippen LogP contribution in [0.5, 0.6) is 0 Å². The molecule has 2 rings (SSSR count). The molecule has 7 heteroatoms. The Morgan fingerprint density at radius 3 is 2.61 bits per heavy atom. The Bertz CT molecular complexity index is 860. The predicted molar refractivity (Wildman–Crippen MR) is 82.4 cm³/mol. The molecule has 0 heterocycles. The first-order chi connectivity index (χ1) is 10.8. The van der Waals surface area contributed by atoms with Crippen LogP contribution < -0.4 is 4.72 Å². The third-order valence-corrected chi connectivity index (χ3v) is 4.91. The second kappa shape index (κ2) is 6.87. The minimum Gasteiger partial charge on any atom is -0.387 e. The molecule has 0 bridgehead atoms. The minimum absolute atomic E-state index is 0.0113. The van der Waals surface area contributed by atoms with E-state index in [1.807, 2.05) is 6.07 Å². The van der Waals surface area contributed by atoms with Gasteiger partial charge in [-0.25, -0.2) is 17.5 Å². The first-order valence-corrected chi connectivity index (χ1v) is 8.26. The van der Waals surface area contributed by atoms with Crippen LogP contribution in [0, 0.1) is 24.1 Å². The lowest BCUT2D eigenvalue weighted by atomic mass is 10.1. The van der Waals surface area contributed by atoms with Gasteiger partial charge >= 0.3 is 0 Å². The normalized spacial score (nSPS) is 12.6. The van der Waals surface area contributed by atoms with Gasteiger partial charge < -0.3 is 5.11 Å². The summed E-state index contributed by atoms with van der Waals surface area (Å²) >= 11 is 0. The lowest BCUT2D eigenvalue weighted by molar-refractivity contribution is 0.177. The Morgan fingerprint density at radius 1 is 1.30 bits per heavy atom. The Morgan fingerprint density at radius 2 is 2.00 bits per heavy atom. The van der Waals surface area contributed by atoms with Crippen molar-refractivity contribution in [3.05, 3.63) is 65.0 Å². The fraction of sp³-hybridized carbons (Fsp3) is 0.188. The smallest absolute Gasteiger partial charge is 0.240 e. The molecule has 1 atom stereocenters. The highest BCUT2D eigenvalue weighted by Crippen LogP contribution is 2.19. The van der Waals surface area contributed by atoms with Crippen molar-refractivity contribution < 1.29 is 17.9 Å². The average molecular weight is 334 g/mol. The Balaban J connectivity index is 2.16. The van der Waals surface area contributed by atoms with Gasteiger partial charge in [-0.15, -0.1) is 0 Å². The van der Waals surface area contributed by atoms with Gasteiger partial charge in [0, 0.05) is 12.1 Å². The van der Waals surface area contributed by atoms with Crippen LogP contribution in [0.25, 0.3) is 0 Å². The number of hydrogen-bond acceptors (Lipinski definition) is 4. The third kappa shape index (κ3) is 3.93. The van der Waals surface area contributed by atoms with Crippen molar-refractivity contribution in [1.29, 1.82) is 5.26 Å². The lowest BCUT2D eigenvalue weighted by Crippen LogP contribution is -2.29. The van der Waals surface area contributed by atoms with Crippen molar-refractivity contribution in [3.63, 3.8) is 0 Å². The van der Waals surface area contributed by atoms with Gasteiger partial charge in [-0.2, -0.15) is 5.26 Å². The molecular formula is C16H15FN2O3S. The molecule has 0 aliphatic rings. The van der Waals surface area contributed by atoms with Crippen LogP contribution >= 0.6 is 0 Å². The van der Waals surface area contributed by atoms with Crippen molar-refractivity contribution in [2.45, 2.75) is 17.9 Å². The highest BCUT2D eigenvalue weighted by Gasteiger charge is 2.20. The maximum absolute atomic E-state index is 13.6. The molecule has 0 amide bonds. The predicted octanol–water partition coefficient (Wildman–Crippen LogP) is 2.02. The summed E-state index contributed by atoms with van der Waals surface area (Å²) in [7, 11) is -3.87. The summed E-state index contributed by atoms with van der Waals surface area (Å²) in [6.07, 6.45) is -1.30. The first kappa shape index (κ1) is 17.1. The van der Waals surface area contributed by atoms with Gasteiger partial charge in [-0.1, -0.05) is 18.2 Å². The van der Waals surface area contributed by atoms with E-state index in [9.17, 15) is 17.9 Å². The van der Waals surface area contributed by atoms with Gasteiger partial charge in [0.05, 0.1) is 22.6 Å². The number of nitrogens with one attached hydrogen (secondary N) is 1. The fourth-order valence-electron chi connectivity index (χ4n) is 2.14. The third-order valence-electron chi connectivity index (χ3n) is 3.32. The molecule has 120 valence electrons. The van der Waals surface area contributed by atoms with E-state index in [0.29, 0.717) is 11.1 Å². The summed E-state index contributed by atoms with van der Waals surface area (Å²) in [5.41, 5.74) is 0.788. The van der Waals surface area contributed by atoms with Crippen molar-refractivity contribution in [3.8, 4) is 6.07 Å². The Labute approximate surface area is 134 Å². The van der Waals surface area contributed by atoms with Crippen LogP contribution in [0.4, 0.5) is 4.39 Å². The van der Waals surface area contributed by atoms with Crippen molar-refractivity contribution in [2.24, 2.45) is 0 Å². The summed E-state index contributed by atoms with van der Waals surface area (Å²) in [4.78, 5) is 0.0113. The van der Waals surface area contributed by atoms with E-state index in [2.05, 4.69) is 4.72 Å². The molecule has 0 saturated carbocycles. The summed E-state index contributed by atoms with van der Waals surface area (Å²) in [6.45, 7) is 1.21. The summed E-state index contributed by atoms with van der Waals surface area (Å²) < 4.78 is 40.4. The molecule has 0 saturated heterocycles. The van der Waals surface area contributed by atoms with Crippen LogP contribution in [0.1, 0.15) is 22.8 Å². The number of rotatable bonds is 5. The van der Waals surface area contributed by atoms with Crippen LogP contribution in [0.15, 0.2) is 47.4 Å². The molecule has 1 unspecified atom stereocenters. The molecule has 0 fully saturated rings. The van der Waals surface area contributed by atoms with E-state index in [-0.39, 0.29) is 17.0 Å². The van der Waals surface area contributed by atoms with Crippen molar-refractivity contribution >= 4 is 10.0 Å². The number of aryl methyl sites for hydroxylation is 1. The molecule has 0 radical (unpaired) electrons. The maximum atomic E-state index is 13.6. The largest absolute Gasteiger partial charge is 0.387 e. The van der Waals surface area contributed by atoms with Gasteiger partial charge in [-0.05, 0) is 36.8 Å². The number of nitriles is 1. The van der Waals surface area contributed by atoms with Gasteiger partial charge in [-0.3, -0.25) is 0 Å². The number of nitrogens with zero attached hydrogens (tertiary/aromatic N) is 1. The summed E-state index contributed by atoms with van der Waals surface area (Å²) in [6, 6.07) is 11.7. The van der Waals surface area contributed by atoms with E-state index in [1.165, 1.54) is 36.4 Å². The highest BCUT2D eigenvalue weighted by molar-refractivity contribution is 7.89. The van der Waals surface area contributed by atoms with Crippen LogP contribution in [-0.4, -0.2) is 20.1 Å². The standard InChI is InChI=1S/C16H15FN2O3S/c1-11-8-12(9-18)6-7-16(11)23(21,22)19-10-15(20)13-4-2-3-5-14(13)17/h2-8,15,19-20H,10H2,1H3. The number of halogens is 1. The molecule has 0 aliphatic carbocycles. The second-order valence-corrected chi connectivity index (χ2v) is 6.72. The topological polar surface area (TPSA) is 90.2 Å². The van der Waals surface area contributed by atoms with Crippen molar-refractivity contribution in [1.82, 2.24) is 4.72 Å². The molecule has 0 aliphatic heterocycles. The van der Waals surface area contributed by atoms with Crippen LogP contribution in [-0.2, 0) is 10.0 Å². The van der Waals surface area contributed by atoms with E-state index in [1.54, 1.807) is 13.0 Å². The zero-order chi connectivity index (χ0) is 17.0. The summed E-state index contributed by atoms with van der Waals surface area (Å²) in [5, 5.41) is 18.8. The van der Waals surface area contributed by atoms with E-state index >= 15 is 0 Å². The number of aliphatic hydroxyl groups excluding tert-OH is 1. The highest BCUT2D eigenvalue weighted by atomic mass is 32.2. The number of sulfonamides is 1. The monoisotopic (exact) mass is 334 g/mol. The maximum Gasteiger partial charge on any atom is 0.240 e. The first-order valence-electron chi connectivity index (χ1n) is 6.78. The van der Waals surface area contributed by atoms with Gasteiger partial charge in [0.25, 0.3) is 0 Å². The minimum atomic E-state index is -3.87. The van der Waals surface area contributed by atoms with E-state index in [4.69, 9.17) is 5.26 Å². The molecule has 23 heavy (non-hydrogen) atoms. The zero-order valence-electron chi connectivity index (χ0n) is 12.3. The quantitative estimate of drug-likeness (QED) is 0.875. The van der Waals surface area contributed by atoms with E-state index < -0.39 is 21.9 Å². The SMILES string of the molecule is Cc1cc(C#N)ccc1S(=O)(=O)NCC(O)c1ccccc1F. The van der Waals surface area contributed by atoms with Crippen LogP contribution in [0.2, 0.25) is 0 Å². The van der Waals surface area contributed by atoms with Crippen LogP contribution in [0.3, 0.4) is 0 Å². The van der Waals surface area contributed by atoms with Gasteiger partial charge in [0.15, 0.2) is 0 Å². The molecule has 2 aromatic rings. The molecule has 2 aromatic carbocycles. The Kier molecular flexibility index (Phi) is 5.11. The van der Waals surface area contributed by atoms with E-state index in [0.717, 1.165) is 0 Å². The molecule has 5 nitrogen and oxygen atoms in total. The number of hydrogen-bond donors (Lipinski definition) is 2. The van der Waals surface area contributed by atoms with Gasteiger partial charge in [0.2, 0.25) is 10.0 Å². The molecule has 2 N–H and O–H groups in total. The molecule has 0 spiro atoms. The average Bonchev–Trinajstić information content (AvgIpc) is 2.52. The number of aliphatic hydroxyl groups is 1. The molecular weight excluding hydrogens is 319 g/mol. The molecule has 0 aromatic heterocycles. The number of benzene rings is 2. The lowest BCUT2D eigenvalue weighted by Gasteiger charge is -2.14.